The molecule has 1 aliphatic heterocycles. The molecule has 2 fully saturated rings. The average molecular weight is 374 g/mol. The number of benzene rings is 1. The Hall–Kier alpha value is -2.18. The number of carboxylic acid groups (broad SMARTS) is 2. The Morgan fingerprint density at radius 3 is 2.19 bits per heavy atom. The molecule has 1 saturated heterocycles. The summed E-state index contributed by atoms with van der Waals surface area (Å²) in [5, 5.41) is 19.1. The van der Waals surface area contributed by atoms with E-state index in [2.05, 4.69) is 41.4 Å². The van der Waals surface area contributed by atoms with Crippen molar-refractivity contribution in [1.82, 2.24) is 10.2 Å². The van der Waals surface area contributed by atoms with Gasteiger partial charge in [-0.2, -0.15) is 0 Å². The molecule has 1 saturated carbocycles. The fraction of sp³-hybridized carbons (Fsp3) is 0.524. The van der Waals surface area contributed by atoms with E-state index in [-0.39, 0.29) is 0 Å². The Morgan fingerprint density at radius 1 is 1.07 bits per heavy atom. The minimum atomic E-state index is -1.26. The Labute approximate surface area is 160 Å². The summed E-state index contributed by atoms with van der Waals surface area (Å²) in [6, 6.07) is 9.67. The van der Waals surface area contributed by atoms with Crippen molar-refractivity contribution >= 4 is 11.9 Å². The summed E-state index contributed by atoms with van der Waals surface area (Å²) in [6.07, 6.45) is 6.66. The topological polar surface area (TPSA) is 89.9 Å². The maximum absolute atomic E-state index is 9.55. The zero-order valence-corrected chi connectivity index (χ0v) is 15.9. The Morgan fingerprint density at radius 2 is 1.67 bits per heavy atom. The molecule has 6 nitrogen and oxygen atoms in total. The minimum absolute atomic E-state index is 0.558. The van der Waals surface area contributed by atoms with E-state index < -0.39 is 11.9 Å². The van der Waals surface area contributed by atoms with Crippen LogP contribution in [-0.2, 0) is 16.1 Å². The second-order valence-corrected chi connectivity index (χ2v) is 7.29. The van der Waals surface area contributed by atoms with Crippen LogP contribution in [0.25, 0.3) is 0 Å². The summed E-state index contributed by atoms with van der Waals surface area (Å²) in [6.45, 7) is 7.10. The molecule has 1 aromatic rings. The van der Waals surface area contributed by atoms with Gasteiger partial charge < -0.3 is 15.5 Å². The van der Waals surface area contributed by atoms with Crippen LogP contribution in [0.1, 0.15) is 36.8 Å². The van der Waals surface area contributed by atoms with Crippen LogP contribution in [0.2, 0.25) is 0 Å². The second-order valence-electron chi connectivity index (χ2n) is 7.29. The number of nitrogens with one attached hydrogen (secondary N) is 1. The molecule has 0 unspecified atom stereocenters. The number of aryl methyl sites for hydroxylation is 1. The normalized spacial score (nSPS) is 17.6. The Bertz CT molecular complexity index is 633. The maximum atomic E-state index is 9.55. The van der Waals surface area contributed by atoms with Crippen molar-refractivity contribution < 1.29 is 19.8 Å². The van der Waals surface area contributed by atoms with Gasteiger partial charge in [-0.15, -0.1) is 0 Å². The number of nitrogens with zero attached hydrogens (tertiary/aromatic N) is 1. The molecule has 1 heterocycles. The average Bonchev–Trinajstić information content (AvgIpc) is 3.47. The highest BCUT2D eigenvalue weighted by atomic mass is 16.4. The summed E-state index contributed by atoms with van der Waals surface area (Å²) in [5.74, 6) is -1.53. The van der Waals surface area contributed by atoms with E-state index in [9.17, 15) is 9.59 Å². The molecule has 1 aliphatic carbocycles. The first-order chi connectivity index (χ1) is 13.0. The van der Waals surface area contributed by atoms with Gasteiger partial charge in [0.2, 0.25) is 0 Å². The van der Waals surface area contributed by atoms with Crippen LogP contribution < -0.4 is 5.32 Å². The van der Waals surface area contributed by atoms with E-state index in [0.717, 1.165) is 18.5 Å². The van der Waals surface area contributed by atoms with Crippen molar-refractivity contribution in [2.45, 2.75) is 45.2 Å². The third-order valence-electron chi connectivity index (χ3n) is 5.02. The molecule has 1 aromatic carbocycles. The molecule has 0 bridgehead atoms. The van der Waals surface area contributed by atoms with Crippen molar-refractivity contribution in [3.8, 4) is 0 Å². The van der Waals surface area contributed by atoms with Crippen LogP contribution in [0.5, 0.6) is 0 Å². The van der Waals surface area contributed by atoms with Crippen molar-refractivity contribution in [1.29, 1.82) is 0 Å². The standard InChI is InChI=1S/C17H26N2.C4H4O4/c1-14-4-2-3-5-16(14)13-19(12-15-6-7-15)17-8-10-18-11-9-17;5-3(6)1-2-4(7)8/h2-5,15,17-18H,6-13H2,1H3;1-2H,(H,5,6)(H,7,8). The van der Waals surface area contributed by atoms with Gasteiger partial charge in [0.1, 0.15) is 0 Å². The highest BCUT2D eigenvalue weighted by Gasteiger charge is 2.29. The van der Waals surface area contributed by atoms with E-state index in [0.29, 0.717) is 12.2 Å². The van der Waals surface area contributed by atoms with E-state index in [1.54, 1.807) is 0 Å². The lowest BCUT2D eigenvalue weighted by molar-refractivity contribution is -0.134. The minimum Gasteiger partial charge on any atom is -0.478 e. The zero-order chi connectivity index (χ0) is 19.6. The highest BCUT2D eigenvalue weighted by Crippen LogP contribution is 2.32. The number of carbonyl (C=O) groups is 2. The van der Waals surface area contributed by atoms with E-state index in [1.165, 1.54) is 56.4 Å². The summed E-state index contributed by atoms with van der Waals surface area (Å²) >= 11 is 0. The van der Waals surface area contributed by atoms with Crippen LogP contribution in [0, 0.1) is 12.8 Å². The van der Waals surface area contributed by atoms with Crippen LogP contribution in [0.15, 0.2) is 36.4 Å². The summed E-state index contributed by atoms with van der Waals surface area (Å²) in [4.78, 5) is 21.9. The van der Waals surface area contributed by atoms with Crippen LogP contribution >= 0.6 is 0 Å². The van der Waals surface area contributed by atoms with Gasteiger partial charge in [-0.3, -0.25) is 4.90 Å². The molecule has 2 aliphatic rings. The zero-order valence-electron chi connectivity index (χ0n) is 15.9. The van der Waals surface area contributed by atoms with Gasteiger partial charge in [-0.05, 0) is 62.7 Å². The third-order valence-corrected chi connectivity index (χ3v) is 5.02. The number of hydrogen-bond donors (Lipinski definition) is 3. The fourth-order valence-corrected chi connectivity index (χ4v) is 3.30. The number of rotatable bonds is 7. The molecule has 148 valence electrons. The molecular formula is C21H30N2O4. The van der Waals surface area contributed by atoms with Crippen molar-refractivity contribution in [3.05, 3.63) is 47.5 Å². The van der Waals surface area contributed by atoms with Crippen molar-refractivity contribution in [3.63, 3.8) is 0 Å². The van der Waals surface area contributed by atoms with Gasteiger partial charge in [-0.1, -0.05) is 24.3 Å². The van der Waals surface area contributed by atoms with E-state index >= 15 is 0 Å². The molecule has 6 heteroatoms. The van der Waals surface area contributed by atoms with Crippen LogP contribution in [-0.4, -0.2) is 52.7 Å². The number of carboxylic acids is 2. The first-order valence-electron chi connectivity index (χ1n) is 9.59. The van der Waals surface area contributed by atoms with Gasteiger partial charge in [0, 0.05) is 31.3 Å². The lowest BCUT2D eigenvalue weighted by Crippen LogP contribution is -2.43. The van der Waals surface area contributed by atoms with Crippen molar-refractivity contribution in [2.24, 2.45) is 5.92 Å². The van der Waals surface area contributed by atoms with Crippen LogP contribution in [0.3, 0.4) is 0 Å². The van der Waals surface area contributed by atoms with Gasteiger partial charge in [0.05, 0.1) is 0 Å². The van der Waals surface area contributed by atoms with Gasteiger partial charge in [-0.25, -0.2) is 9.59 Å². The highest BCUT2D eigenvalue weighted by molar-refractivity contribution is 5.89. The molecule has 3 rings (SSSR count). The monoisotopic (exact) mass is 374 g/mol. The molecule has 27 heavy (non-hydrogen) atoms. The number of aliphatic carboxylic acids is 2. The quantitative estimate of drug-likeness (QED) is 0.636. The molecule has 0 amide bonds. The smallest absolute Gasteiger partial charge is 0.328 e. The Kier molecular flexibility index (Phi) is 8.48. The van der Waals surface area contributed by atoms with Gasteiger partial charge >= 0.3 is 11.9 Å². The Balaban J connectivity index is 0.000000279. The number of hydrogen-bond acceptors (Lipinski definition) is 4. The predicted molar refractivity (Wildman–Crippen MR) is 105 cm³/mol. The van der Waals surface area contributed by atoms with E-state index in [4.69, 9.17) is 10.2 Å². The summed E-state index contributed by atoms with van der Waals surface area (Å²) < 4.78 is 0. The molecule has 0 spiro atoms. The first-order valence-corrected chi connectivity index (χ1v) is 9.59. The lowest BCUT2D eigenvalue weighted by atomic mass is 10.0. The molecule has 0 aromatic heterocycles. The van der Waals surface area contributed by atoms with Gasteiger partial charge in [0.25, 0.3) is 0 Å². The largest absolute Gasteiger partial charge is 0.478 e. The fourth-order valence-electron chi connectivity index (χ4n) is 3.30. The molecule has 0 radical (unpaired) electrons. The SMILES string of the molecule is Cc1ccccc1CN(CC1CC1)C1CCNCC1.O=C(O)C=CC(=O)O. The molecule has 3 N–H and O–H groups in total. The molecule has 0 atom stereocenters. The summed E-state index contributed by atoms with van der Waals surface area (Å²) in [5.41, 5.74) is 2.96. The van der Waals surface area contributed by atoms with Crippen molar-refractivity contribution in [2.75, 3.05) is 19.6 Å². The molecular weight excluding hydrogens is 344 g/mol. The lowest BCUT2D eigenvalue weighted by Gasteiger charge is -2.35. The predicted octanol–water partition coefficient (Wildman–Crippen LogP) is 2.67. The third kappa shape index (κ3) is 8.37. The first kappa shape index (κ1) is 21.1. The van der Waals surface area contributed by atoms with E-state index in [1.807, 2.05) is 0 Å². The second kappa shape index (κ2) is 10.8. The van der Waals surface area contributed by atoms with Gasteiger partial charge in [0.15, 0.2) is 0 Å². The summed E-state index contributed by atoms with van der Waals surface area (Å²) in [7, 11) is 0. The number of piperidine rings is 1. The maximum Gasteiger partial charge on any atom is 0.328 e. The van der Waals surface area contributed by atoms with Crippen LogP contribution in [0.4, 0.5) is 0 Å².